The third kappa shape index (κ3) is 6.40. The van der Waals surface area contributed by atoms with Gasteiger partial charge >= 0.3 is 0 Å². The Morgan fingerprint density at radius 3 is 2.59 bits per heavy atom. The molecule has 1 heterocycles. The van der Waals surface area contributed by atoms with E-state index in [0.29, 0.717) is 49.3 Å². The first kappa shape index (κ1) is 28.5. The molecule has 1 aliphatic rings. The maximum absolute atomic E-state index is 13.9. The number of thioether (sulfide) groups is 1. The standard InChI is InChI=1S/C26H17BrClF3N2O5S/c1-37-19-9-13(8-15(27)24(19)38-12-14-4-2-3-5-16(14)28)10-20-25(35)33(26(36)39-20)11-21(34)32-18-7-6-17(29)22(30)23(18)31/h2-10H,11-12H2,1H3,(H,32,34)/b20-10+. The molecule has 7 nitrogen and oxygen atoms in total. The van der Waals surface area contributed by atoms with Gasteiger partial charge < -0.3 is 14.8 Å². The second kappa shape index (κ2) is 12.1. The molecule has 1 aliphatic heterocycles. The highest BCUT2D eigenvalue weighted by Crippen LogP contribution is 2.39. The van der Waals surface area contributed by atoms with Crippen molar-refractivity contribution >= 4 is 68.1 Å². The fourth-order valence-electron chi connectivity index (χ4n) is 3.47. The molecular weight excluding hydrogens is 625 g/mol. The van der Waals surface area contributed by atoms with Gasteiger partial charge in [-0.3, -0.25) is 19.3 Å². The van der Waals surface area contributed by atoms with Gasteiger partial charge in [-0.25, -0.2) is 13.2 Å². The van der Waals surface area contributed by atoms with Crippen LogP contribution in [0, 0.1) is 17.5 Å². The minimum atomic E-state index is -1.76. The number of amides is 3. The summed E-state index contributed by atoms with van der Waals surface area (Å²) in [4.78, 5) is 38.3. The minimum Gasteiger partial charge on any atom is -0.493 e. The predicted molar refractivity (Wildman–Crippen MR) is 144 cm³/mol. The van der Waals surface area contributed by atoms with Gasteiger partial charge in [0.15, 0.2) is 29.0 Å². The number of hydrogen-bond acceptors (Lipinski definition) is 6. The molecular formula is C26H17BrClF3N2O5S. The van der Waals surface area contributed by atoms with Crippen LogP contribution >= 0.6 is 39.3 Å². The summed E-state index contributed by atoms with van der Waals surface area (Å²) in [7, 11) is 1.44. The number of benzene rings is 3. The van der Waals surface area contributed by atoms with E-state index in [-0.39, 0.29) is 11.5 Å². The van der Waals surface area contributed by atoms with Crippen molar-refractivity contribution in [3.63, 3.8) is 0 Å². The van der Waals surface area contributed by atoms with Crippen LogP contribution < -0.4 is 14.8 Å². The monoisotopic (exact) mass is 640 g/mol. The first-order valence-electron chi connectivity index (χ1n) is 11.0. The van der Waals surface area contributed by atoms with Gasteiger partial charge in [-0.2, -0.15) is 0 Å². The van der Waals surface area contributed by atoms with E-state index in [1.54, 1.807) is 24.3 Å². The number of anilines is 1. The fourth-order valence-corrected chi connectivity index (χ4v) is 5.07. The third-order valence-corrected chi connectivity index (χ3v) is 7.23. The lowest BCUT2D eigenvalue weighted by Gasteiger charge is -2.14. The molecule has 0 spiro atoms. The topological polar surface area (TPSA) is 84.9 Å². The molecule has 0 unspecified atom stereocenters. The van der Waals surface area contributed by atoms with Crippen LogP contribution in [0.2, 0.25) is 5.02 Å². The van der Waals surface area contributed by atoms with Gasteiger partial charge in [0.1, 0.15) is 13.2 Å². The van der Waals surface area contributed by atoms with Crippen molar-refractivity contribution in [2.75, 3.05) is 19.0 Å². The quantitative estimate of drug-likeness (QED) is 0.216. The molecule has 0 aliphatic carbocycles. The van der Waals surface area contributed by atoms with Crippen molar-refractivity contribution in [3.05, 3.63) is 91.5 Å². The SMILES string of the molecule is COc1cc(/C=C2/SC(=O)N(CC(=O)Nc3ccc(F)c(F)c3F)C2=O)cc(Br)c1OCc1ccccc1Cl. The first-order valence-corrected chi connectivity index (χ1v) is 13.0. The molecule has 4 rings (SSSR count). The summed E-state index contributed by atoms with van der Waals surface area (Å²) in [5, 5.41) is 1.83. The van der Waals surface area contributed by atoms with E-state index in [2.05, 4.69) is 15.9 Å². The Bertz CT molecular complexity index is 1520. The zero-order valence-electron chi connectivity index (χ0n) is 19.9. The smallest absolute Gasteiger partial charge is 0.294 e. The molecule has 3 aromatic rings. The van der Waals surface area contributed by atoms with Gasteiger partial charge in [-0.15, -0.1) is 0 Å². The Kier molecular flexibility index (Phi) is 8.88. The Morgan fingerprint density at radius 1 is 1.13 bits per heavy atom. The van der Waals surface area contributed by atoms with Crippen molar-refractivity contribution < 1.29 is 37.0 Å². The summed E-state index contributed by atoms with van der Waals surface area (Å²) in [6.07, 6.45) is 1.43. The molecule has 3 amide bonds. The summed E-state index contributed by atoms with van der Waals surface area (Å²) < 4.78 is 52.2. The number of hydrogen-bond donors (Lipinski definition) is 1. The fraction of sp³-hybridized carbons (Fsp3) is 0.115. The lowest BCUT2D eigenvalue weighted by molar-refractivity contribution is -0.127. The Hall–Kier alpha value is -3.48. The van der Waals surface area contributed by atoms with Crippen molar-refractivity contribution in [1.82, 2.24) is 4.90 Å². The molecule has 1 N–H and O–H groups in total. The molecule has 0 bridgehead atoms. The van der Waals surface area contributed by atoms with Crippen LogP contribution in [0.15, 0.2) is 57.9 Å². The maximum Gasteiger partial charge on any atom is 0.294 e. The van der Waals surface area contributed by atoms with Crippen LogP contribution in [-0.4, -0.2) is 35.6 Å². The zero-order valence-corrected chi connectivity index (χ0v) is 23.1. The molecule has 0 aromatic heterocycles. The van der Waals surface area contributed by atoms with Gasteiger partial charge in [0, 0.05) is 10.6 Å². The summed E-state index contributed by atoms with van der Waals surface area (Å²) in [5.74, 6) is -5.79. The lowest BCUT2D eigenvalue weighted by Crippen LogP contribution is -2.36. The van der Waals surface area contributed by atoms with Crippen molar-refractivity contribution in [2.24, 2.45) is 0 Å². The van der Waals surface area contributed by atoms with Crippen molar-refractivity contribution in [3.8, 4) is 11.5 Å². The number of nitrogens with zero attached hydrogens (tertiary/aromatic N) is 1. The highest BCUT2D eigenvalue weighted by Gasteiger charge is 2.36. The predicted octanol–water partition coefficient (Wildman–Crippen LogP) is 6.78. The highest BCUT2D eigenvalue weighted by atomic mass is 79.9. The molecule has 1 fully saturated rings. The van der Waals surface area contributed by atoms with Crippen LogP contribution in [0.3, 0.4) is 0 Å². The largest absolute Gasteiger partial charge is 0.493 e. The van der Waals surface area contributed by atoms with E-state index in [9.17, 15) is 27.6 Å². The minimum absolute atomic E-state index is 0.0190. The number of nitrogens with one attached hydrogen (secondary N) is 1. The van der Waals surface area contributed by atoms with E-state index in [4.69, 9.17) is 21.1 Å². The maximum atomic E-state index is 13.9. The van der Waals surface area contributed by atoms with Crippen molar-refractivity contribution in [1.29, 1.82) is 0 Å². The van der Waals surface area contributed by atoms with Gasteiger partial charge in [0.25, 0.3) is 11.1 Å². The molecule has 13 heteroatoms. The molecule has 3 aromatic carbocycles. The lowest BCUT2D eigenvalue weighted by atomic mass is 10.1. The van der Waals surface area contributed by atoms with Gasteiger partial charge in [-0.05, 0) is 69.7 Å². The highest BCUT2D eigenvalue weighted by molar-refractivity contribution is 9.10. The molecule has 39 heavy (non-hydrogen) atoms. The van der Waals surface area contributed by atoms with Crippen LogP contribution in [0.1, 0.15) is 11.1 Å². The van der Waals surface area contributed by atoms with Gasteiger partial charge in [0.2, 0.25) is 5.91 Å². The van der Waals surface area contributed by atoms with Crippen molar-refractivity contribution in [2.45, 2.75) is 6.61 Å². The zero-order chi connectivity index (χ0) is 28.3. The first-order chi connectivity index (χ1) is 18.6. The van der Waals surface area contributed by atoms with Gasteiger partial charge in [0.05, 0.1) is 22.2 Å². The number of halogens is 5. The molecule has 0 atom stereocenters. The Morgan fingerprint density at radius 2 is 1.87 bits per heavy atom. The van der Waals surface area contributed by atoms with E-state index in [0.717, 1.165) is 11.6 Å². The van der Waals surface area contributed by atoms with E-state index in [1.807, 2.05) is 17.4 Å². The second-order valence-electron chi connectivity index (χ2n) is 7.95. The molecule has 202 valence electrons. The molecule has 0 radical (unpaired) electrons. The Labute approximate surface area is 238 Å². The number of rotatable bonds is 8. The molecule has 1 saturated heterocycles. The van der Waals surface area contributed by atoms with Crippen LogP contribution in [0.5, 0.6) is 11.5 Å². The average molecular weight is 642 g/mol. The third-order valence-electron chi connectivity index (χ3n) is 5.36. The van der Waals surface area contributed by atoms with E-state index >= 15 is 0 Å². The summed E-state index contributed by atoms with van der Waals surface area (Å²) in [5.41, 5.74) is 0.625. The average Bonchev–Trinajstić information content (AvgIpc) is 3.16. The summed E-state index contributed by atoms with van der Waals surface area (Å²) in [6, 6.07) is 11.9. The molecule has 0 saturated carbocycles. The summed E-state index contributed by atoms with van der Waals surface area (Å²) >= 11 is 10.2. The normalized spacial score (nSPS) is 14.2. The number of carbonyl (C=O) groups is 3. The van der Waals surface area contributed by atoms with E-state index < -0.39 is 46.7 Å². The second-order valence-corrected chi connectivity index (χ2v) is 10.2. The van der Waals surface area contributed by atoms with Crippen LogP contribution in [0.25, 0.3) is 6.08 Å². The van der Waals surface area contributed by atoms with Crippen LogP contribution in [0.4, 0.5) is 23.7 Å². The number of methoxy groups -OCH3 is 1. The summed E-state index contributed by atoms with van der Waals surface area (Å²) in [6.45, 7) is -0.592. The number of ether oxygens (including phenoxy) is 2. The number of carbonyl (C=O) groups excluding carboxylic acids is 3. The van der Waals surface area contributed by atoms with Crippen LogP contribution in [-0.2, 0) is 16.2 Å². The Balaban J connectivity index is 1.48. The van der Waals surface area contributed by atoms with Gasteiger partial charge in [-0.1, -0.05) is 29.8 Å². The number of imide groups is 1. The van der Waals surface area contributed by atoms with E-state index in [1.165, 1.54) is 13.2 Å².